The Morgan fingerprint density at radius 2 is 1.96 bits per heavy atom. The summed E-state index contributed by atoms with van der Waals surface area (Å²) >= 11 is 0. The maximum absolute atomic E-state index is 14.0. The van der Waals surface area contributed by atoms with Gasteiger partial charge in [-0.1, -0.05) is 0 Å². The first kappa shape index (κ1) is 19.0. The van der Waals surface area contributed by atoms with E-state index >= 15 is 0 Å². The fraction of sp³-hybridized carbons (Fsp3) is 0.222. The van der Waals surface area contributed by atoms with Crippen LogP contribution < -0.4 is 10.1 Å². The Bertz CT molecular complexity index is 838. The van der Waals surface area contributed by atoms with Gasteiger partial charge in [-0.3, -0.25) is 9.59 Å². The van der Waals surface area contributed by atoms with E-state index in [1.807, 2.05) is 0 Å². The molecule has 7 nitrogen and oxygen atoms in total. The molecular weight excluding hydrogens is 343 g/mol. The van der Waals surface area contributed by atoms with Crippen LogP contribution in [0.5, 0.6) is 5.88 Å². The quantitative estimate of drug-likeness (QED) is 0.602. The van der Waals surface area contributed by atoms with Crippen molar-refractivity contribution in [2.75, 3.05) is 18.5 Å². The monoisotopic (exact) mass is 360 g/mol. The lowest BCUT2D eigenvalue weighted by Gasteiger charge is -2.09. The molecule has 136 valence electrons. The van der Waals surface area contributed by atoms with Gasteiger partial charge in [-0.25, -0.2) is 14.2 Å². The van der Waals surface area contributed by atoms with Gasteiger partial charge in [-0.05, 0) is 37.3 Å². The minimum absolute atomic E-state index is 0.0728. The highest BCUT2D eigenvalue weighted by molar-refractivity contribution is 6.00. The van der Waals surface area contributed by atoms with Crippen molar-refractivity contribution in [2.45, 2.75) is 13.8 Å². The fourth-order valence-electron chi connectivity index (χ4n) is 2.11. The van der Waals surface area contributed by atoms with Crippen molar-refractivity contribution in [3.63, 3.8) is 0 Å². The van der Waals surface area contributed by atoms with Crippen LogP contribution in [-0.2, 0) is 9.53 Å². The number of amides is 1. The average Bonchev–Trinajstić information content (AvgIpc) is 2.59. The van der Waals surface area contributed by atoms with Crippen molar-refractivity contribution >= 4 is 23.3 Å². The Hall–Kier alpha value is -3.29. The van der Waals surface area contributed by atoms with Crippen LogP contribution in [0, 0.1) is 5.82 Å². The number of rotatable bonds is 7. The summed E-state index contributed by atoms with van der Waals surface area (Å²) in [5.41, 5.74) is 0.0482. The molecule has 0 fully saturated rings. The van der Waals surface area contributed by atoms with Gasteiger partial charge in [0.05, 0.1) is 12.2 Å². The molecule has 0 aliphatic carbocycles. The standard InChI is InChI=1S/C18H17FN2O5/c1-3-25-17-14(5-4-8-20-17)18(24)26-10-16(23)13-7-6-12(9-15(13)19)21-11(2)22/h4-9H,3,10H2,1-2H3,(H,21,22). The van der Waals surface area contributed by atoms with Gasteiger partial charge >= 0.3 is 5.97 Å². The fourth-order valence-corrected chi connectivity index (χ4v) is 2.11. The Morgan fingerprint density at radius 3 is 2.62 bits per heavy atom. The highest BCUT2D eigenvalue weighted by Crippen LogP contribution is 2.17. The molecule has 2 aromatic rings. The molecule has 1 aromatic carbocycles. The summed E-state index contributed by atoms with van der Waals surface area (Å²) < 4.78 is 24.2. The van der Waals surface area contributed by atoms with Crippen LogP contribution in [0.2, 0.25) is 0 Å². The largest absolute Gasteiger partial charge is 0.477 e. The Morgan fingerprint density at radius 1 is 1.19 bits per heavy atom. The number of nitrogens with zero attached hydrogens (tertiary/aromatic N) is 1. The molecule has 1 heterocycles. The van der Waals surface area contributed by atoms with E-state index in [4.69, 9.17) is 9.47 Å². The molecule has 1 amide bonds. The van der Waals surface area contributed by atoms with Crippen molar-refractivity contribution in [1.29, 1.82) is 0 Å². The third-order valence-electron chi connectivity index (χ3n) is 3.20. The number of ether oxygens (including phenoxy) is 2. The maximum atomic E-state index is 14.0. The first-order chi connectivity index (χ1) is 12.4. The van der Waals surface area contributed by atoms with Crippen molar-refractivity contribution < 1.29 is 28.2 Å². The number of ketones is 1. The van der Waals surface area contributed by atoms with E-state index in [9.17, 15) is 18.8 Å². The van der Waals surface area contributed by atoms with Crippen molar-refractivity contribution in [3.8, 4) is 5.88 Å². The summed E-state index contributed by atoms with van der Waals surface area (Å²) in [5, 5.41) is 2.41. The number of Topliss-reactive ketones (excluding diaryl/α,β-unsaturated/α-hetero) is 1. The minimum Gasteiger partial charge on any atom is -0.477 e. The molecular formula is C18H17FN2O5. The van der Waals surface area contributed by atoms with Gasteiger partial charge in [-0.2, -0.15) is 0 Å². The van der Waals surface area contributed by atoms with Gasteiger partial charge in [-0.15, -0.1) is 0 Å². The Balaban J connectivity index is 2.04. The van der Waals surface area contributed by atoms with Gasteiger partial charge in [0.2, 0.25) is 17.6 Å². The number of hydrogen-bond acceptors (Lipinski definition) is 6. The van der Waals surface area contributed by atoms with Crippen molar-refractivity contribution in [2.24, 2.45) is 0 Å². The zero-order valence-corrected chi connectivity index (χ0v) is 14.2. The molecule has 1 N–H and O–H groups in total. The summed E-state index contributed by atoms with van der Waals surface area (Å²) in [4.78, 5) is 39.1. The lowest BCUT2D eigenvalue weighted by Crippen LogP contribution is -2.17. The average molecular weight is 360 g/mol. The number of nitrogens with one attached hydrogen (secondary N) is 1. The van der Waals surface area contributed by atoms with Gasteiger partial charge in [0, 0.05) is 18.8 Å². The number of carbonyl (C=O) groups excluding carboxylic acids is 3. The second-order valence-corrected chi connectivity index (χ2v) is 5.16. The molecule has 2 rings (SSSR count). The zero-order valence-electron chi connectivity index (χ0n) is 14.2. The molecule has 0 saturated heterocycles. The lowest BCUT2D eigenvalue weighted by atomic mass is 10.1. The van der Waals surface area contributed by atoms with Gasteiger partial charge < -0.3 is 14.8 Å². The minimum atomic E-state index is -0.825. The first-order valence-corrected chi connectivity index (χ1v) is 7.77. The summed E-state index contributed by atoms with van der Waals surface area (Å²) in [6.07, 6.45) is 1.46. The van der Waals surface area contributed by atoms with E-state index in [2.05, 4.69) is 10.3 Å². The highest BCUT2D eigenvalue weighted by Gasteiger charge is 2.18. The number of aromatic nitrogens is 1. The smallest absolute Gasteiger partial charge is 0.344 e. The molecule has 0 aliphatic heterocycles. The van der Waals surface area contributed by atoms with Crippen LogP contribution in [0.1, 0.15) is 34.6 Å². The summed E-state index contributed by atoms with van der Waals surface area (Å²) in [7, 11) is 0. The van der Waals surface area contributed by atoms with Crippen LogP contribution in [-0.4, -0.2) is 35.9 Å². The number of anilines is 1. The van der Waals surface area contributed by atoms with Crippen LogP contribution >= 0.6 is 0 Å². The van der Waals surface area contributed by atoms with Crippen LogP contribution in [0.25, 0.3) is 0 Å². The van der Waals surface area contributed by atoms with Crippen molar-refractivity contribution in [1.82, 2.24) is 4.98 Å². The van der Waals surface area contributed by atoms with E-state index in [0.29, 0.717) is 6.61 Å². The predicted molar refractivity (Wildman–Crippen MR) is 90.7 cm³/mol. The SMILES string of the molecule is CCOc1ncccc1C(=O)OCC(=O)c1ccc(NC(C)=O)cc1F. The van der Waals surface area contributed by atoms with Gasteiger partial charge in [0.15, 0.2) is 6.61 Å². The van der Waals surface area contributed by atoms with Crippen molar-refractivity contribution in [3.05, 3.63) is 53.5 Å². The molecule has 1 aromatic heterocycles. The second-order valence-electron chi connectivity index (χ2n) is 5.16. The van der Waals surface area contributed by atoms with E-state index in [0.717, 1.165) is 6.07 Å². The van der Waals surface area contributed by atoms with E-state index in [1.54, 1.807) is 6.92 Å². The normalized spacial score (nSPS) is 10.1. The number of carbonyl (C=O) groups is 3. The van der Waals surface area contributed by atoms with Crippen LogP contribution in [0.15, 0.2) is 36.5 Å². The number of pyridine rings is 1. The molecule has 8 heteroatoms. The Labute approximate surface area is 149 Å². The summed E-state index contributed by atoms with van der Waals surface area (Å²) in [5.74, 6) is -2.61. The second kappa shape index (κ2) is 8.70. The van der Waals surface area contributed by atoms with E-state index in [1.165, 1.54) is 37.4 Å². The first-order valence-electron chi connectivity index (χ1n) is 7.77. The van der Waals surface area contributed by atoms with E-state index < -0.39 is 24.2 Å². The Kier molecular flexibility index (Phi) is 6.37. The van der Waals surface area contributed by atoms with E-state index in [-0.39, 0.29) is 28.6 Å². The highest BCUT2D eigenvalue weighted by atomic mass is 19.1. The maximum Gasteiger partial charge on any atom is 0.344 e. The summed E-state index contributed by atoms with van der Waals surface area (Å²) in [6.45, 7) is 2.68. The third-order valence-corrected chi connectivity index (χ3v) is 3.20. The molecule has 0 bridgehead atoms. The zero-order chi connectivity index (χ0) is 19.1. The topological polar surface area (TPSA) is 94.6 Å². The number of hydrogen-bond donors (Lipinski definition) is 1. The molecule has 0 spiro atoms. The lowest BCUT2D eigenvalue weighted by molar-refractivity contribution is -0.114. The molecule has 0 saturated carbocycles. The molecule has 0 radical (unpaired) electrons. The van der Waals surface area contributed by atoms with Crippen LogP contribution in [0.4, 0.5) is 10.1 Å². The van der Waals surface area contributed by atoms with Gasteiger partial charge in [0.25, 0.3) is 0 Å². The number of halogens is 1. The van der Waals surface area contributed by atoms with Gasteiger partial charge in [0.1, 0.15) is 11.4 Å². The number of esters is 1. The third kappa shape index (κ3) is 4.85. The molecule has 0 aliphatic rings. The number of benzene rings is 1. The predicted octanol–water partition coefficient (Wildman–Crippen LogP) is 2.62. The summed E-state index contributed by atoms with van der Waals surface area (Å²) in [6, 6.07) is 6.60. The molecule has 26 heavy (non-hydrogen) atoms. The van der Waals surface area contributed by atoms with Crippen LogP contribution in [0.3, 0.4) is 0 Å². The molecule has 0 atom stereocenters. The molecule has 0 unspecified atom stereocenters.